The number of nitro groups is 1. The zero-order chi connectivity index (χ0) is 21.8. The van der Waals surface area contributed by atoms with Crippen molar-refractivity contribution in [3.63, 3.8) is 0 Å². The Labute approximate surface area is 175 Å². The van der Waals surface area contributed by atoms with Crippen LogP contribution in [0.2, 0.25) is 0 Å². The number of benzene rings is 2. The maximum atomic E-state index is 13.6. The Hall–Kier alpha value is -3.29. The van der Waals surface area contributed by atoms with Gasteiger partial charge in [-0.2, -0.15) is 0 Å². The number of nitrogens with zero attached hydrogens (tertiary/aromatic N) is 2. The third kappa shape index (κ3) is 4.32. The summed E-state index contributed by atoms with van der Waals surface area (Å²) in [6, 6.07) is 9.64. The highest BCUT2D eigenvalue weighted by Crippen LogP contribution is 2.40. The third-order valence-corrected chi connectivity index (χ3v) is 5.29. The maximum Gasteiger partial charge on any atom is 0.286 e. The lowest BCUT2D eigenvalue weighted by Crippen LogP contribution is -2.40. The van der Waals surface area contributed by atoms with Crippen LogP contribution in [0.1, 0.15) is 37.0 Å². The average molecular weight is 414 g/mol. The summed E-state index contributed by atoms with van der Waals surface area (Å²) in [6.45, 7) is 4.10. The Morgan fingerprint density at radius 1 is 1.17 bits per heavy atom. The molecule has 1 fully saturated rings. The lowest BCUT2D eigenvalue weighted by atomic mass is 10.1. The fourth-order valence-corrected chi connectivity index (χ4v) is 3.50. The second-order valence-corrected chi connectivity index (χ2v) is 7.16. The second-order valence-electron chi connectivity index (χ2n) is 7.16. The molecular formula is C22H26N2O6. The monoisotopic (exact) mass is 414 g/mol. The largest absolute Gasteiger partial charge is 0.497 e. The van der Waals surface area contributed by atoms with E-state index in [2.05, 4.69) is 0 Å². The predicted octanol–water partition coefficient (Wildman–Crippen LogP) is 4.46. The van der Waals surface area contributed by atoms with Crippen molar-refractivity contribution in [2.45, 2.75) is 32.7 Å². The lowest BCUT2D eigenvalue weighted by Gasteiger charge is -2.30. The van der Waals surface area contributed by atoms with Gasteiger partial charge in [-0.15, -0.1) is 0 Å². The Balaban J connectivity index is 2.10. The summed E-state index contributed by atoms with van der Waals surface area (Å²) in [4.78, 5) is 26.4. The summed E-state index contributed by atoms with van der Waals surface area (Å²) >= 11 is 0. The molecular weight excluding hydrogens is 388 g/mol. The van der Waals surface area contributed by atoms with E-state index in [9.17, 15) is 14.9 Å². The van der Waals surface area contributed by atoms with E-state index < -0.39 is 10.8 Å². The first-order valence-electron chi connectivity index (χ1n) is 9.88. The molecule has 3 rings (SSSR count). The van der Waals surface area contributed by atoms with Crippen LogP contribution in [-0.4, -0.2) is 37.7 Å². The highest BCUT2D eigenvalue weighted by Gasteiger charge is 2.38. The number of methoxy groups -OCH3 is 2. The van der Waals surface area contributed by atoms with Crippen LogP contribution in [0.5, 0.6) is 17.2 Å². The standard InChI is InChI=1S/C22H26N2O6/c1-5-30-21-12-18(19(24(26)27)13-20(21)29-4)22(25)23(14(2)15-6-7-15)16-8-10-17(28-3)11-9-16/h8-15H,5-7H2,1-4H3. The van der Waals surface area contributed by atoms with E-state index in [1.165, 1.54) is 19.2 Å². The van der Waals surface area contributed by atoms with Gasteiger partial charge in [0, 0.05) is 17.8 Å². The molecule has 1 atom stereocenters. The minimum Gasteiger partial charge on any atom is -0.497 e. The van der Waals surface area contributed by atoms with Gasteiger partial charge >= 0.3 is 0 Å². The van der Waals surface area contributed by atoms with Crippen LogP contribution in [0.15, 0.2) is 36.4 Å². The molecule has 1 aliphatic rings. The molecule has 0 radical (unpaired) electrons. The molecule has 160 valence electrons. The van der Waals surface area contributed by atoms with Crippen molar-refractivity contribution in [2.24, 2.45) is 5.92 Å². The van der Waals surface area contributed by atoms with Crippen LogP contribution >= 0.6 is 0 Å². The Morgan fingerprint density at radius 3 is 2.33 bits per heavy atom. The predicted molar refractivity (Wildman–Crippen MR) is 113 cm³/mol. The maximum absolute atomic E-state index is 13.6. The van der Waals surface area contributed by atoms with E-state index in [0.29, 0.717) is 29.7 Å². The number of hydrogen-bond donors (Lipinski definition) is 0. The zero-order valence-electron chi connectivity index (χ0n) is 17.6. The molecule has 0 heterocycles. The van der Waals surface area contributed by atoms with Crippen molar-refractivity contribution in [2.75, 3.05) is 25.7 Å². The smallest absolute Gasteiger partial charge is 0.286 e. The van der Waals surface area contributed by atoms with Crippen LogP contribution in [-0.2, 0) is 0 Å². The number of amides is 1. The van der Waals surface area contributed by atoms with Crippen molar-refractivity contribution in [3.8, 4) is 17.2 Å². The van der Waals surface area contributed by atoms with Gasteiger partial charge in [0.1, 0.15) is 11.3 Å². The molecule has 1 amide bonds. The molecule has 0 aliphatic heterocycles. The molecule has 8 nitrogen and oxygen atoms in total. The molecule has 8 heteroatoms. The van der Waals surface area contributed by atoms with E-state index in [0.717, 1.165) is 12.8 Å². The van der Waals surface area contributed by atoms with Gasteiger partial charge in [0.15, 0.2) is 11.5 Å². The third-order valence-electron chi connectivity index (χ3n) is 5.29. The number of rotatable bonds is 9. The minimum atomic E-state index is -0.570. The summed E-state index contributed by atoms with van der Waals surface area (Å²) < 4.78 is 16.0. The highest BCUT2D eigenvalue weighted by atomic mass is 16.6. The molecule has 0 aromatic heterocycles. The summed E-state index contributed by atoms with van der Waals surface area (Å²) in [5.74, 6) is 1.09. The fraction of sp³-hybridized carbons (Fsp3) is 0.409. The number of anilines is 1. The quantitative estimate of drug-likeness (QED) is 0.445. The molecule has 30 heavy (non-hydrogen) atoms. The van der Waals surface area contributed by atoms with E-state index in [-0.39, 0.29) is 23.0 Å². The van der Waals surface area contributed by atoms with Gasteiger partial charge in [0.05, 0.1) is 31.8 Å². The molecule has 2 aromatic rings. The van der Waals surface area contributed by atoms with Crippen molar-refractivity contribution >= 4 is 17.3 Å². The summed E-state index contributed by atoms with van der Waals surface area (Å²) in [6.07, 6.45) is 2.05. The first kappa shape index (κ1) is 21.4. The number of carbonyl (C=O) groups is 1. The Bertz CT molecular complexity index is 924. The van der Waals surface area contributed by atoms with E-state index in [1.54, 1.807) is 43.2 Å². The van der Waals surface area contributed by atoms with E-state index >= 15 is 0 Å². The van der Waals surface area contributed by atoms with Crippen LogP contribution in [0.4, 0.5) is 11.4 Å². The van der Waals surface area contributed by atoms with Crippen molar-refractivity contribution in [1.29, 1.82) is 0 Å². The topological polar surface area (TPSA) is 91.1 Å². The number of hydrogen-bond acceptors (Lipinski definition) is 6. The first-order chi connectivity index (χ1) is 14.4. The van der Waals surface area contributed by atoms with Gasteiger partial charge in [-0.05, 0) is 56.9 Å². The molecule has 0 saturated heterocycles. The second kappa shape index (κ2) is 9.02. The normalized spacial score (nSPS) is 14.0. The Morgan fingerprint density at radius 2 is 1.83 bits per heavy atom. The van der Waals surface area contributed by atoms with Crippen LogP contribution in [0.25, 0.3) is 0 Å². The van der Waals surface area contributed by atoms with Gasteiger partial charge in [-0.1, -0.05) is 0 Å². The molecule has 0 N–H and O–H groups in total. The van der Waals surface area contributed by atoms with Crippen molar-refractivity contribution in [1.82, 2.24) is 0 Å². The lowest BCUT2D eigenvalue weighted by molar-refractivity contribution is -0.385. The SMILES string of the molecule is CCOc1cc(C(=O)N(c2ccc(OC)cc2)C(C)C2CC2)c([N+](=O)[O-])cc1OC. The molecule has 2 aromatic carbocycles. The van der Waals surface area contributed by atoms with Gasteiger partial charge in [-0.3, -0.25) is 14.9 Å². The molecule has 1 aliphatic carbocycles. The number of nitro benzene ring substituents is 1. The number of carbonyl (C=O) groups excluding carboxylic acids is 1. The van der Waals surface area contributed by atoms with Gasteiger partial charge in [0.2, 0.25) is 0 Å². The van der Waals surface area contributed by atoms with Crippen LogP contribution in [0, 0.1) is 16.0 Å². The van der Waals surface area contributed by atoms with Crippen LogP contribution in [0.3, 0.4) is 0 Å². The van der Waals surface area contributed by atoms with Crippen molar-refractivity contribution < 1.29 is 23.9 Å². The van der Waals surface area contributed by atoms with Gasteiger partial charge in [0.25, 0.3) is 11.6 Å². The van der Waals surface area contributed by atoms with E-state index in [4.69, 9.17) is 14.2 Å². The summed E-state index contributed by atoms with van der Waals surface area (Å²) in [5, 5.41) is 11.7. The molecule has 0 spiro atoms. The van der Waals surface area contributed by atoms with Crippen molar-refractivity contribution in [3.05, 3.63) is 52.1 Å². The fourth-order valence-electron chi connectivity index (χ4n) is 3.50. The highest BCUT2D eigenvalue weighted by molar-refractivity contribution is 6.09. The van der Waals surface area contributed by atoms with Gasteiger partial charge in [-0.25, -0.2) is 0 Å². The molecule has 0 bridgehead atoms. The first-order valence-corrected chi connectivity index (χ1v) is 9.88. The average Bonchev–Trinajstić information content (AvgIpc) is 3.59. The molecule has 1 saturated carbocycles. The Kier molecular flexibility index (Phi) is 6.44. The summed E-state index contributed by atoms with van der Waals surface area (Å²) in [7, 11) is 2.97. The zero-order valence-corrected chi connectivity index (χ0v) is 17.6. The minimum absolute atomic E-state index is 0.0347. The van der Waals surface area contributed by atoms with E-state index in [1.807, 2.05) is 6.92 Å². The summed E-state index contributed by atoms with van der Waals surface area (Å²) in [5.41, 5.74) is 0.303. The molecule has 1 unspecified atom stereocenters. The number of ether oxygens (including phenoxy) is 3. The van der Waals surface area contributed by atoms with Gasteiger partial charge < -0.3 is 19.1 Å². The van der Waals surface area contributed by atoms with Crippen LogP contribution < -0.4 is 19.1 Å².